The predicted molar refractivity (Wildman–Crippen MR) is 95.7 cm³/mol. The quantitative estimate of drug-likeness (QED) is 0.780. The average Bonchev–Trinajstić information content (AvgIpc) is 3.03. The maximum atomic E-state index is 13.3. The van der Waals surface area contributed by atoms with Crippen LogP contribution in [0.1, 0.15) is 18.4 Å². The van der Waals surface area contributed by atoms with Crippen molar-refractivity contribution < 1.29 is 4.39 Å². The van der Waals surface area contributed by atoms with Gasteiger partial charge in [-0.05, 0) is 55.3 Å². The third-order valence-corrected chi connectivity index (χ3v) is 4.98. The summed E-state index contributed by atoms with van der Waals surface area (Å²) in [7, 11) is 0. The molecule has 1 saturated heterocycles. The highest BCUT2D eigenvalue weighted by Crippen LogP contribution is 2.20. The van der Waals surface area contributed by atoms with Gasteiger partial charge in [-0.3, -0.25) is 4.90 Å². The Morgan fingerprint density at radius 3 is 3.00 bits per heavy atom. The van der Waals surface area contributed by atoms with E-state index in [0.717, 1.165) is 49.2 Å². The van der Waals surface area contributed by atoms with Crippen LogP contribution in [0.2, 0.25) is 0 Å². The summed E-state index contributed by atoms with van der Waals surface area (Å²) >= 11 is 1.26. The van der Waals surface area contributed by atoms with Crippen molar-refractivity contribution in [2.75, 3.05) is 18.4 Å². The van der Waals surface area contributed by atoms with E-state index in [1.165, 1.54) is 23.4 Å². The van der Waals surface area contributed by atoms with Gasteiger partial charge in [-0.15, -0.1) is 0 Å². The highest BCUT2D eigenvalue weighted by atomic mass is 32.1. The molecule has 2 aromatic carbocycles. The molecule has 3 aromatic rings. The lowest BCUT2D eigenvalue weighted by molar-refractivity contribution is 0.208. The van der Waals surface area contributed by atoms with Crippen LogP contribution in [0.4, 0.5) is 10.1 Å². The van der Waals surface area contributed by atoms with Crippen LogP contribution < -0.4 is 5.32 Å². The fourth-order valence-electron chi connectivity index (χ4n) is 3.32. The lowest BCUT2D eigenvalue weighted by Gasteiger charge is -2.33. The van der Waals surface area contributed by atoms with Crippen LogP contribution in [-0.4, -0.2) is 32.8 Å². The second kappa shape index (κ2) is 6.83. The van der Waals surface area contributed by atoms with Crippen LogP contribution >= 0.6 is 11.7 Å². The first-order chi connectivity index (χ1) is 11.8. The van der Waals surface area contributed by atoms with Crippen LogP contribution in [0.15, 0.2) is 42.5 Å². The Morgan fingerprint density at radius 2 is 2.08 bits per heavy atom. The lowest BCUT2D eigenvalue weighted by Crippen LogP contribution is -2.41. The number of aromatic nitrogens is 2. The first-order valence-corrected chi connectivity index (χ1v) is 8.95. The molecule has 1 aliphatic heterocycles. The molecule has 1 aliphatic rings. The third kappa shape index (κ3) is 3.55. The largest absolute Gasteiger partial charge is 0.381 e. The van der Waals surface area contributed by atoms with Gasteiger partial charge in [0.25, 0.3) is 0 Å². The first-order valence-electron chi connectivity index (χ1n) is 8.22. The van der Waals surface area contributed by atoms with Crippen LogP contribution in [0.25, 0.3) is 11.0 Å². The first kappa shape index (κ1) is 15.5. The Morgan fingerprint density at radius 1 is 1.17 bits per heavy atom. The molecule has 24 heavy (non-hydrogen) atoms. The number of piperidine rings is 1. The number of nitrogens with zero attached hydrogens (tertiary/aromatic N) is 3. The van der Waals surface area contributed by atoms with E-state index in [1.54, 1.807) is 12.1 Å². The Kier molecular flexibility index (Phi) is 4.40. The summed E-state index contributed by atoms with van der Waals surface area (Å²) in [4.78, 5) is 2.45. The lowest BCUT2D eigenvalue weighted by atomic mass is 10.0. The van der Waals surface area contributed by atoms with Crippen LogP contribution in [0.5, 0.6) is 0 Å². The number of halogens is 1. The second-order valence-electron chi connectivity index (χ2n) is 6.32. The molecule has 0 amide bonds. The maximum Gasteiger partial charge on any atom is 0.125 e. The van der Waals surface area contributed by atoms with Gasteiger partial charge >= 0.3 is 0 Å². The van der Waals surface area contributed by atoms with E-state index in [9.17, 15) is 4.39 Å². The van der Waals surface area contributed by atoms with Crippen LogP contribution in [-0.2, 0) is 6.54 Å². The summed E-state index contributed by atoms with van der Waals surface area (Å²) in [5.74, 6) is -0.196. The fourth-order valence-corrected chi connectivity index (χ4v) is 3.83. The molecule has 6 heteroatoms. The minimum atomic E-state index is -0.196. The molecule has 2 heterocycles. The number of likely N-dealkylation sites (tertiary alicyclic amines) is 1. The highest BCUT2D eigenvalue weighted by molar-refractivity contribution is 7.00. The molecule has 1 unspecified atom stereocenters. The number of fused-ring (bicyclic) bond motifs is 1. The van der Waals surface area contributed by atoms with Gasteiger partial charge in [0.1, 0.15) is 16.9 Å². The van der Waals surface area contributed by atoms with Crippen LogP contribution in [0.3, 0.4) is 0 Å². The van der Waals surface area contributed by atoms with Gasteiger partial charge in [-0.1, -0.05) is 12.1 Å². The predicted octanol–water partition coefficient (Wildman–Crippen LogP) is 3.91. The number of rotatable bonds is 4. The van der Waals surface area contributed by atoms with E-state index in [2.05, 4.69) is 31.1 Å². The fraction of sp³-hybridized carbons (Fsp3) is 0.333. The molecule has 1 aromatic heterocycles. The van der Waals surface area contributed by atoms with Gasteiger partial charge in [0.05, 0.1) is 11.7 Å². The zero-order valence-electron chi connectivity index (χ0n) is 13.3. The van der Waals surface area contributed by atoms with Crippen molar-refractivity contribution in [2.24, 2.45) is 0 Å². The normalized spacial score (nSPS) is 18.8. The molecule has 1 N–H and O–H groups in total. The maximum absolute atomic E-state index is 13.3. The average molecular weight is 342 g/mol. The molecule has 124 valence electrons. The highest BCUT2D eigenvalue weighted by Gasteiger charge is 2.20. The van der Waals surface area contributed by atoms with Crippen molar-refractivity contribution in [1.29, 1.82) is 0 Å². The number of hydrogen-bond acceptors (Lipinski definition) is 5. The van der Waals surface area contributed by atoms with Crippen molar-refractivity contribution in [2.45, 2.75) is 25.4 Å². The van der Waals surface area contributed by atoms with E-state index in [-0.39, 0.29) is 5.82 Å². The molecule has 0 spiro atoms. The summed E-state index contributed by atoms with van der Waals surface area (Å²) in [6.45, 7) is 2.97. The van der Waals surface area contributed by atoms with Gasteiger partial charge in [0.2, 0.25) is 0 Å². The van der Waals surface area contributed by atoms with E-state index in [4.69, 9.17) is 0 Å². The smallest absolute Gasteiger partial charge is 0.125 e. The summed E-state index contributed by atoms with van der Waals surface area (Å²) in [6.07, 6.45) is 2.26. The Hall–Kier alpha value is -2.05. The van der Waals surface area contributed by atoms with Crippen molar-refractivity contribution in [1.82, 2.24) is 13.6 Å². The van der Waals surface area contributed by atoms with Gasteiger partial charge < -0.3 is 5.32 Å². The van der Waals surface area contributed by atoms with Crippen molar-refractivity contribution in [3.8, 4) is 0 Å². The van der Waals surface area contributed by atoms with Gasteiger partial charge in [-0.2, -0.15) is 8.75 Å². The minimum Gasteiger partial charge on any atom is -0.381 e. The van der Waals surface area contributed by atoms with Crippen molar-refractivity contribution in [3.63, 3.8) is 0 Å². The monoisotopic (exact) mass is 342 g/mol. The molecule has 0 radical (unpaired) electrons. The third-order valence-electron chi connectivity index (χ3n) is 4.43. The number of anilines is 1. The molecule has 4 nitrogen and oxygen atoms in total. The molecule has 0 aliphatic carbocycles. The minimum absolute atomic E-state index is 0.196. The van der Waals surface area contributed by atoms with Crippen molar-refractivity contribution >= 4 is 28.4 Å². The number of nitrogens with one attached hydrogen (secondary N) is 1. The van der Waals surface area contributed by atoms with Gasteiger partial charge in [0.15, 0.2) is 0 Å². The Bertz CT molecular complexity index is 835. The molecule has 4 rings (SSSR count). The van der Waals surface area contributed by atoms with Gasteiger partial charge in [-0.25, -0.2) is 4.39 Å². The number of hydrogen-bond donors (Lipinski definition) is 1. The van der Waals surface area contributed by atoms with E-state index >= 15 is 0 Å². The van der Waals surface area contributed by atoms with E-state index in [0.29, 0.717) is 6.04 Å². The van der Waals surface area contributed by atoms with Crippen LogP contribution in [0, 0.1) is 5.82 Å². The zero-order chi connectivity index (χ0) is 16.4. The second-order valence-corrected chi connectivity index (χ2v) is 6.84. The molecular formula is C18H19FN4S. The number of benzene rings is 2. The summed E-state index contributed by atoms with van der Waals surface area (Å²) < 4.78 is 21.9. The molecule has 1 fully saturated rings. The molecule has 0 saturated carbocycles. The van der Waals surface area contributed by atoms with Crippen molar-refractivity contribution in [3.05, 3.63) is 53.8 Å². The molecule has 0 bridgehead atoms. The molecule has 1 atom stereocenters. The van der Waals surface area contributed by atoms with E-state index < -0.39 is 0 Å². The van der Waals surface area contributed by atoms with E-state index in [1.807, 2.05) is 12.1 Å². The summed E-state index contributed by atoms with van der Waals surface area (Å²) in [6, 6.07) is 13.4. The summed E-state index contributed by atoms with van der Waals surface area (Å²) in [5, 5.41) is 3.46. The Balaban J connectivity index is 1.40. The topological polar surface area (TPSA) is 41.0 Å². The Labute approximate surface area is 144 Å². The molecular weight excluding hydrogens is 323 g/mol. The SMILES string of the molecule is Fc1cccc(NC2CCCN(Cc3ccc4nsnc4c3)C2)c1. The van der Waals surface area contributed by atoms with Gasteiger partial charge in [0, 0.05) is 24.8 Å². The summed E-state index contributed by atoms with van der Waals surface area (Å²) in [5.41, 5.74) is 4.07. The standard InChI is InChI=1S/C18H19FN4S/c19-14-3-1-4-15(10-14)20-16-5-2-8-23(12-16)11-13-6-7-17-18(9-13)22-24-21-17/h1,3-4,6-7,9-10,16,20H,2,5,8,11-12H2. The zero-order valence-corrected chi connectivity index (χ0v) is 14.1.